The van der Waals surface area contributed by atoms with Gasteiger partial charge in [-0.3, -0.25) is 14.9 Å². The maximum atomic E-state index is 14.2. The summed E-state index contributed by atoms with van der Waals surface area (Å²) in [6.45, 7) is 4.56. The van der Waals surface area contributed by atoms with Gasteiger partial charge in [-0.15, -0.1) is 0 Å². The molecule has 1 aliphatic heterocycles. The van der Waals surface area contributed by atoms with Crippen LogP contribution < -0.4 is 19.7 Å². The van der Waals surface area contributed by atoms with Crippen molar-refractivity contribution < 1.29 is 23.5 Å². The lowest BCUT2D eigenvalue weighted by atomic mass is 10.1. The molecular weight excluding hydrogens is 395 g/mol. The maximum Gasteiger partial charge on any atom is 0.270 e. The fraction of sp³-hybridized carbons (Fsp3) is 0.190. The van der Waals surface area contributed by atoms with Crippen molar-refractivity contribution in [2.45, 2.75) is 13.8 Å². The van der Waals surface area contributed by atoms with E-state index >= 15 is 0 Å². The van der Waals surface area contributed by atoms with Crippen LogP contribution in [0.4, 0.5) is 10.1 Å². The first-order valence-corrected chi connectivity index (χ1v) is 9.42. The number of carbonyl (C=O) groups is 2. The third-order valence-corrected chi connectivity index (χ3v) is 4.38. The van der Waals surface area contributed by atoms with Crippen LogP contribution in [0.5, 0.6) is 11.5 Å². The minimum atomic E-state index is -0.722. The third kappa shape index (κ3) is 4.27. The Morgan fingerprint density at radius 2 is 1.83 bits per heavy atom. The number of nitrogens with zero attached hydrogens (tertiary/aromatic N) is 1. The molecule has 1 heterocycles. The number of carbonyl (C=O) groups excluding carboxylic acids is 2. The number of benzene rings is 2. The lowest BCUT2D eigenvalue weighted by Gasteiger charge is -2.29. The summed E-state index contributed by atoms with van der Waals surface area (Å²) in [5, 5.41) is 2.25. The smallest absolute Gasteiger partial charge is 0.270 e. The summed E-state index contributed by atoms with van der Waals surface area (Å²) >= 11 is 5.09. The number of thiocarbonyl (C=S) groups is 1. The lowest BCUT2D eigenvalue weighted by molar-refractivity contribution is -0.122. The number of hydrogen-bond acceptors (Lipinski definition) is 5. The second-order valence-corrected chi connectivity index (χ2v) is 6.36. The molecule has 8 heteroatoms. The van der Waals surface area contributed by atoms with Crippen LogP contribution in [-0.2, 0) is 9.59 Å². The molecule has 1 N–H and O–H groups in total. The Bertz CT molecular complexity index is 1010. The highest BCUT2D eigenvalue weighted by atomic mass is 32.1. The summed E-state index contributed by atoms with van der Waals surface area (Å²) in [6.07, 6.45) is 1.40. The average Bonchev–Trinajstić information content (AvgIpc) is 2.68. The van der Waals surface area contributed by atoms with Crippen molar-refractivity contribution in [2.75, 3.05) is 18.1 Å². The predicted octanol–water partition coefficient (Wildman–Crippen LogP) is 3.45. The summed E-state index contributed by atoms with van der Waals surface area (Å²) in [4.78, 5) is 26.4. The monoisotopic (exact) mass is 414 g/mol. The number of ether oxygens (including phenoxy) is 2. The van der Waals surface area contributed by atoms with E-state index in [4.69, 9.17) is 21.7 Å². The van der Waals surface area contributed by atoms with E-state index < -0.39 is 17.6 Å². The van der Waals surface area contributed by atoms with E-state index in [1.165, 1.54) is 24.3 Å². The summed E-state index contributed by atoms with van der Waals surface area (Å²) < 4.78 is 25.3. The van der Waals surface area contributed by atoms with Gasteiger partial charge in [0.05, 0.1) is 18.9 Å². The molecule has 0 spiro atoms. The van der Waals surface area contributed by atoms with Crippen LogP contribution in [-0.4, -0.2) is 30.1 Å². The molecule has 2 aromatic rings. The number of nitrogens with one attached hydrogen (secondary N) is 1. The van der Waals surface area contributed by atoms with Crippen LogP contribution >= 0.6 is 12.2 Å². The van der Waals surface area contributed by atoms with Crippen molar-refractivity contribution in [3.8, 4) is 11.5 Å². The number of halogens is 1. The summed E-state index contributed by atoms with van der Waals surface area (Å²) in [7, 11) is 0. The van der Waals surface area contributed by atoms with Crippen LogP contribution in [0.2, 0.25) is 0 Å². The van der Waals surface area contributed by atoms with Gasteiger partial charge in [0.15, 0.2) is 5.11 Å². The van der Waals surface area contributed by atoms with E-state index in [-0.39, 0.29) is 16.4 Å². The predicted molar refractivity (Wildman–Crippen MR) is 111 cm³/mol. The number of rotatable bonds is 6. The second-order valence-electron chi connectivity index (χ2n) is 5.97. The molecule has 0 atom stereocenters. The van der Waals surface area contributed by atoms with Crippen LogP contribution in [0.25, 0.3) is 6.08 Å². The highest BCUT2D eigenvalue weighted by Gasteiger charge is 2.35. The van der Waals surface area contributed by atoms with E-state index in [0.29, 0.717) is 30.3 Å². The van der Waals surface area contributed by atoms with Gasteiger partial charge in [0.2, 0.25) is 0 Å². The Balaban J connectivity index is 2.04. The first kappa shape index (κ1) is 20.5. The molecule has 0 radical (unpaired) electrons. The average molecular weight is 414 g/mol. The molecule has 0 aromatic heterocycles. The van der Waals surface area contributed by atoms with Crippen LogP contribution in [0.3, 0.4) is 0 Å². The number of para-hydroxylation sites is 1. The van der Waals surface area contributed by atoms with Crippen molar-refractivity contribution in [1.29, 1.82) is 0 Å². The lowest BCUT2D eigenvalue weighted by Crippen LogP contribution is -2.54. The fourth-order valence-corrected chi connectivity index (χ4v) is 3.11. The fourth-order valence-electron chi connectivity index (χ4n) is 2.84. The molecule has 150 valence electrons. The first-order chi connectivity index (χ1) is 14.0. The summed E-state index contributed by atoms with van der Waals surface area (Å²) in [5.74, 6) is -0.956. The number of amides is 2. The van der Waals surface area contributed by atoms with Crippen molar-refractivity contribution >= 4 is 40.9 Å². The number of hydrogen-bond donors (Lipinski definition) is 1. The molecule has 0 unspecified atom stereocenters. The molecule has 2 amide bonds. The highest BCUT2D eigenvalue weighted by Crippen LogP contribution is 2.29. The van der Waals surface area contributed by atoms with Gasteiger partial charge >= 0.3 is 0 Å². The molecule has 0 aliphatic carbocycles. The zero-order chi connectivity index (χ0) is 21.0. The topological polar surface area (TPSA) is 67.9 Å². The minimum Gasteiger partial charge on any atom is -0.494 e. The van der Waals surface area contributed by atoms with Gasteiger partial charge in [-0.05, 0) is 56.4 Å². The maximum absolute atomic E-state index is 14.2. The van der Waals surface area contributed by atoms with Gasteiger partial charge in [0, 0.05) is 11.6 Å². The number of anilines is 1. The first-order valence-electron chi connectivity index (χ1n) is 9.01. The summed E-state index contributed by atoms with van der Waals surface area (Å²) in [5.41, 5.74) is 0.284. The van der Waals surface area contributed by atoms with Gasteiger partial charge in [0.1, 0.15) is 22.9 Å². The Morgan fingerprint density at radius 1 is 1.10 bits per heavy atom. The molecule has 1 aliphatic rings. The van der Waals surface area contributed by atoms with E-state index in [0.717, 1.165) is 4.90 Å². The molecule has 2 aromatic carbocycles. The molecule has 3 rings (SSSR count). The van der Waals surface area contributed by atoms with E-state index in [9.17, 15) is 14.0 Å². The Labute approximate surface area is 172 Å². The van der Waals surface area contributed by atoms with Crippen molar-refractivity contribution in [3.05, 3.63) is 59.4 Å². The molecule has 1 saturated heterocycles. The summed E-state index contributed by atoms with van der Waals surface area (Å²) in [6, 6.07) is 10.8. The van der Waals surface area contributed by atoms with Gasteiger partial charge in [-0.1, -0.05) is 12.1 Å². The largest absolute Gasteiger partial charge is 0.494 e. The standard InChI is InChI=1S/C21H19FN2O4S/c1-3-27-14-10-9-13(18(12-14)28-4-2)11-15-19(25)23-21(29)24(20(15)26)17-8-6-5-7-16(17)22/h5-12H,3-4H2,1-2H3,(H,23,25,29). The van der Waals surface area contributed by atoms with Crippen LogP contribution in [0, 0.1) is 5.82 Å². The van der Waals surface area contributed by atoms with E-state index in [2.05, 4.69) is 5.32 Å². The van der Waals surface area contributed by atoms with Crippen LogP contribution in [0.15, 0.2) is 48.0 Å². The Hall–Kier alpha value is -3.26. The molecular formula is C21H19FN2O4S. The molecule has 29 heavy (non-hydrogen) atoms. The zero-order valence-corrected chi connectivity index (χ0v) is 16.7. The van der Waals surface area contributed by atoms with Gasteiger partial charge < -0.3 is 9.47 Å². The second kappa shape index (κ2) is 8.83. The van der Waals surface area contributed by atoms with Gasteiger partial charge in [-0.25, -0.2) is 9.29 Å². The molecule has 0 bridgehead atoms. The van der Waals surface area contributed by atoms with Crippen molar-refractivity contribution in [1.82, 2.24) is 5.32 Å². The van der Waals surface area contributed by atoms with Gasteiger partial charge in [-0.2, -0.15) is 0 Å². The third-order valence-electron chi connectivity index (χ3n) is 4.09. The molecule has 1 fully saturated rings. The minimum absolute atomic E-state index is 0.0369. The highest BCUT2D eigenvalue weighted by molar-refractivity contribution is 7.80. The van der Waals surface area contributed by atoms with E-state index in [1.807, 2.05) is 13.8 Å². The van der Waals surface area contributed by atoms with E-state index in [1.54, 1.807) is 24.3 Å². The molecule has 0 saturated carbocycles. The van der Waals surface area contributed by atoms with Crippen molar-refractivity contribution in [2.24, 2.45) is 0 Å². The van der Waals surface area contributed by atoms with Crippen LogP contribution in [0.1, 0.15) is 19.4 Å². The Kier molecular flexibility index (Phi) is 6.23. The van der Waals surface area contributed by atoms with Crippen molar-refractivity contribution in [3.63, 3.8) is 0 Å². The zero-order valence-electron chi connectivity index (χ0n) is 15.9. The Morgan fingerprint density at radius 3 is 2.52 bits per heavy atom. The SMILES string of the molecule is CCOc1ccc(C=C2C(=O)NC(=S)N(c3ccccc3F)C2=O)c(OCC)c1. The quantitative estimate of drug-likeness (QED) is 0.446. The van der Waals surface area contributed by atoms with Gasteiger partial charge in [0.25, 0.3) is 11.8 Å². The normalized spacial score (nSPS) is 15.5. The molecule has 6 nitrogen and oxygen atoms in total.